The monoisotopic (exact) mass is 324 g/mol. The van der Waals surface area contributed by atoms with Crippen molar-refractivity contribution in [2.24, 2.45) is 5.92 Å². The molecular formula is C19H24N4O. The van der Waals surface area contributed by atoms with Crippen LogP contribution in [0.15, 0.2) is 30.6 Å². The lowest BCUT2D eigenvalue weighted by Crippen LogP contribution is -2.34. The van der Waals surface area contributed by atoms with Gasteiger partial charge in [0.1, 0.15) is 0 Å². The van der Waals surface area contributed by atoms with Gasteiger partial charge in [-0.25, -0.2) is 9.97 Å². The van der Waals surface area contributed by atoms with E-state index in [1.807, 2.05) is 32.0 Å². The van der Waals surface area contributed by atoms with Gasteiger partial charge in [0, 0.05) is 18.7 Å². The predicted octanol–water partition coefficient (Wildman–Crippen LogP) is 3.58. The van der Waals surface area contributed by atoms with Crippen LogP contribution in [0.4, 0.5) is 11.6 Å². The zero-order valence-corrected chi connectivity index (χ0v) is 14.5. The van der Waals surface area contributed by atoms with Gasteiger partial charge in [0.15, 0.2) is 0 Å². The van der Waals surface area contributed by atoms with Crippen LogP contribution in [-0.2, 0) is 0 Å². The van der Waals surface area contributed by atoms with Crippen molar-refractivity contribution in [2.75, 3.05) is 23.3 Å². The van der Waals surface area contributed by atoms with Crippen LogP contribution < -0.4 is 10.2 Å². The first-order chi connectivity index (χ1) is 11.5. The average molecular weight is 324 g/mol. The van der Waals surface area contributed by atoms with Gasteiger partial charge in [-0.2, -0.15) is 0 Å². The molecule has 0 spiro atoms. The SMILES string of the molecule is Cc1ccc(C)c(C(=O)Nc2cnc(N3CCC(C)CC3)nc2)c1. The van der Waals surface area contributed by atoms with Crippen molar-refractivity contribution >= 4 is 17.5 Å². The number of benzene rings is 1. The zero-order chi connectivity index (χ0) is 17.1. The van der Waals surface area contributed by atoms with Crippen LogP contribution in [0.25, 0.3) is 0 Å². The summed E-state index contributed by atoms with van der Waals surface area (Å²) in [6.45, 7) is 8.19. The van der Waals surface area contributed by atoms with Crippen molar-refractivity contribution < 1.29 is 4.79 Å². The van der Waals surface area contributed by atoms with Crippen molar-refractivity contribution in [1.29, 1.82) is 0 Å². The lowest BCUT2D eigenvalue weighted by atomic mass is 10.00. The van der Waals surface area contributed by atoms with E-state index >= 15 is 0 Å². The highest BCUT2D eigenvalue weighted by Gasteiger charge is 2.18. The summed E-state index contributed by atoms with van der Waals surface area (Å²) in [5, 5.41) is 2.88. The summed E-state index contributed by atoms with van der Waals surface area (Å²) in [6, 6.07) is 5.86. The van der Waals surface area contributed by atoms with Gasteiger partial charge in [-0.15, -0.1) is 0 Å². The van der Waals surface area contributed by atoms with Gasteiger partial charge in [0.05, 0.1) is 18.1 Å². The first kappa shape index (κ1) is 16.4. The highest BCUT2D eigenvalue weighted by Crippen LogP contribution is 2.20. The molecule has 0 atom stereocenters. The number of hydrogen-bond acceptors (Lipinski definition) is 4. The van der Waals surface area contributed by atoms with E-state index in [1.165, 1.54) is 12.8 Å². The number of carbonyl (C=O) groups excluding carboxylic acids is 1. The summed E-state index contributed by atoms with van der Waals surface area (Å²) < 4.78 is 0. The van der Waals surface area contributed by atoms with E-state index in [4.69, 9.17) is 0 Å². The van der Waals surface area contributed by atoms with Gasteiger partial charge in [-0.1, -0.05) is 24.6 Å². The molecule has 0 bridgehead atoms. The number of aryl methyl sites for hydroxylation is 2. The number of rotatable bonds is 3. The van der Waals surface area contributed by atoms with E-state index in [1.54, 1.807) is 12.4 Å². The number of piperidine rings is 1. The Balaban J connectivity index is 1.68. The molecule has 2 aromatic rings. The van der Waals surface area contributed by atoms with E-state index in [0.717, 1.165) is 36.1 Å². The molecule has 5 heteroatoms. The molecule has 0 aliphatic carbocycles. The topological polar surface area (TPSA) is 58.1 Å². The first-order valence-corrected chi connectivity index (χ1v) is 8.48. The number of nitrogens with one attached hydrogen (secondary N) is 1. The number of nitrogens with zero attached hydrogens (tertiary/aromatic N) is 3. The molecule has 1 N–H and O–H groups in total. The number of amides is 1. The minimum absolute atomic E-state index is 0.126. The fourth-order valence-corrected chi connectivity index (χ4v) is 2.94. The van der Waals surface area contributed by atoms with Gasteiger partial charge < -0.3 is 10.2 Å². The second kappa shape index (κ2) is 6.99. The highest BCUT2D eigenvalue weighted by molar-refractivity contribution is 6.05. The Labute approximate surface area is 143 Å². The van der Waals surface area contributed by atoms with E-state index in [-0.39, 0.29) is 5.91 Å². The van der Waals surface area contributed by atoms with Gasteiger partial charge >= 0.3 is 0 Å². The maximum absolute atomic E-state index is 12.4. The van der Waals surface area contributed by atoms with E-state index in [9.17, 15) is 4.79 Å². The second-order valence-electron chi connectivity index (χ2n) is 6.71. The Kier molecular flexibility index (Phi) is 4.79. The number of anilines is 2. The van der Waals surface area contributed by atoms with Crippen LogP contribution >= 0.6 is 0 Å². The van der Waals surface area contributed by atoms with Crippen LogP contribution in [0.3, 0.4) is 0 Å². The van der Waals surface area contributed by atoms with Gasteiger partial charge in [0.25, 0.3) is 5.91 Å². The molecule has 24 heavy (non-hydrogen) atoms. The molecule has 2 heterocycles. The number of hydrogen-bond donors (Lipinski definition) is 1. The lowest BCUT2D eigenvalue weighted by Gasteiger charge is -2.30. The summed E-state index contributed by atoms with van der Waals surface area (Å²) in [6.07, 6.45) is 5.72. The molecule has 1 aromatic carbocycles. The molecule has 1 amide bonds. The Morgan fingerprint density at radius 3 is 2.50 bits per heavy atom. The molecular weight excluding hydrogens is 300 g/mol. The standard InChI is InChI=1S/C19H24N4O/c1-13-6-8-23(9-7-13)19-20-11-16(12-21-19)22-18(24)17-10-14(2)4-5-15(17)3/h4-5,10-13H,6-9H2,1-3H3,(H,22,24). The van der Waals surface area contributed by atoms with Crippen LogP contribution in [0, 0.1) is 19.8 Å². The second-order valence-corrected chi connectivity index (χ2v) is 6.71. The maximum Gasteiger partial charge on any atom is 0.256 e. The Hall–Kier alpha value is -2.43. The fourth-order valence-electron chi connectivity index (χ4n) is 2.94. The van der Waals surface area contributed by atoms with Crippen molar-refractivity contribution in [3.63, 3.8) is 0 Å². The third-order valence-corrected chi connectivity index (χ3v) is 4.60. The minimum Gasteiger partial charge on any atom is -0.341 e. The van der Waals surface area contributed by atoms with Crippen LogP contribution in [0.5, 0.6) is 0 Å². The van der Waals surface area contributed by atoms with Crippen molar-refractivity contribution in [2.45, 2.75) is 33.6 Å². The summed E-state index contributed by atoms with van der Waals surface area (Å²) in [5.74, 6) is 1.39. The molecule has 1 fully saturated rings. The van der Waals surface area contributed by atoms with Gasteiger partial charge in [-0.05, 0) is 44.2 Å². The Bertz CT molecular complexity index is 719. The smallest absolute Gasteiger partial charge is 0.256 e. The fraction of sp³-hybridized carbons (Fsp3) is 0.421. The first-order valence-electron chi connectivity index (χ1n) is 8.48. The zero-order valence-electron chi connectivity index (χ0n) is 14.5. The molecule has 0 unspecified atom stereocenters. The van der Waals surface area contributed by atoms with Crippen LogP contribution in [-0.4, -0.2) is 29.0 Å². The predicted molar refractivity (Wildman–Crippen MR) is 96.5 cm³/mol. The molecule has 1 aromatic heterocycles. The molecule has 3 rings (SSSR count). The Morgan fingerprint density at radius 1 is 1.17 bits per heavy atom. The maximum atomic E-state index is 12.4. The van der Waals surface area contributed by atoms with Crippen LogP contribution in [0.2, 0.25) is 0 Å². The molecule has 5 nitrogen and oxygen atoms in total. The largest absolute Gasteiger partial charge is 0.341 e. The van der Waals surface area contributed by atoms with Gasteiger partial charge in [-0.3, -0.25) is 4.79 Å². The number of carbonyl (C=O) groups is 1. The number of aromatic nitrogens is 2. The highest BCUT2D eigenvalue weighted by atomic mass is 16.1. The van der Waals surface area contributed by atoms with Gasteiger partial charge in [0.2, 0.25) is 5.95 Å². The van der Waals surface area contributed by atoms with E-state index in [0.29, 0.717) is 11.3 Å². The molecule has 1 aliphatic rings. The van der Waals surface area contributed by atoms with Crippen molar-refractivity contribution in [1.82, 2.24) is 9.97 Å². The van der Waals surface area contributed by atoms with Crippen molar-refractivity contribution in [3.05, 3.63) is 47.3 Å². The third kappa shape index (κ3) is 3.72. The van der Waals surface area contributed by atoms with E-state index in [2.05, 4.69) is 27.1 Å². The summed E-state index contributed by atoms with van der Waals surface area (Å²) in [7, 11) is 0. The quantitative estimate of drug-likeness (QED) is 0.937. The third-order valence-electron chi connectivity index (χ3n) is 4.60. The lowest BCUT2D eigenvalue weighted by molar-refractivity contribution is 0.102. The summed E-state index contributed by atoms with van der Waals surface area (Å²) >= 11 is 0. The molecule has 1 aliphatic heterocycles. The average Bonchev–Trinajstić information content (AvgIpc) is 2.58. The normalized spacial score (nSPS) is 15.4. The summed E-state index contributed by atoms with van der Waals surface area (Å²) in [4.78, 5) is 23.5. The van der Waals surface area contributed by atoms with Crippen LogP contribution in [0.1, 0.15) is 41.3 Å². The molecule has 0 radical (unpaired) electrons. The molecule has 0 saturated carbocycles. The Morgan fingerprint density at radius 2 is 1.83 bits per heavy atom. The molecule has 126 valence electrons. The minimum atomic E-state index is -0.126. The summed E-state index contributed by atoms with van der Waals surface area (Å²) in [5.41, 5.74) is 3.33. The van der Waals surface area contributed by atoms with Crippen molar-refractivity contribution in [3.8, 4) is 0 Å². The van der Waals surface area contributed by atoms with E-state index < -0.39 is 0 Å². The molecule has 1 saturated heterocycles.